The number of hydrogen-bond donors (Lipinski definition) is 2. The van der Waals surface area contributed by atoms with Crippen LogP contribution in [0, 0.1) is 5.82 Å². The van der Waals surface area contributed by atoms with E-state index in [1.54, 1.807) is 38.3 Å². The Balaban J connectivity index is 1.56. The summed E-state index contributed by atoms with van der Waals surface area (Å²) in [6, 6.07) is 2.77. The predicted octanol–water partition coefficient (Wildman–Crippen LogP) is 4.86. The lowest BCUT2D eigenvalue weighted by atomic mass is 10.1. The Morgan fingerprint density at radius 3 is 1.93 bits per heavy atom. The molecule has 2 fully saturated rings. The van der Waals surface area contributed by atoms with Crippen molar-refractivity contribution in [1.29, 1.82) is 0 Å². The summed E-state index contributed by atoms with van der Waals surface area (Å²) in [6.07, 6.45) is 2.73. The second-order valence-corrected chi connectivity index (χ2v) is 15.5. The summed E-state index contributed by atoms with van der Waals surface area (Å²) in [5, 5.41) is 18.8. The zero-order valence-corrected chi connectivity index (χ0v) is 27.4. The first-order chi connectivity index (χ1) is 20.9. The fraction of sp³-hybridized carbons (Fsp3) is 0.643. The molecule has 44 heavy (non-hydrogen) atoms. The number of aromatic carboxylic acids is 1. The van der Waals surface area contributed by atoms with E-state index in [4.69, 9.17) is 18.1 Å². The fourth-order valence-corrected chi connectivity index (χ4v) is 10.5. The van der Waals surface area contributed by atoms with Crippen LogP contribution in [0.3, 0.4) is 0 Å². The lowest BCUT2D eigenvalue weighted by Gasteiger charge is -2.41. The highest BCUT2D eigenvalue weighted by Gasteiger charge is 2.64. The van der Waals surface area contributed by atoms with Gasteiger partial charge in [0, 0.05) is 56.8 Å². The SMILES string of the molecule is CCOP(=O)(OCC)C(O)(CCN1CCN(c2cc3c(cc2F)c(=O)c(C(=O)O)cn3C2CC2)CC1)P(=O)(OCC)OCC. The smallest absolute Gasteiger partial charge is 0.374 e. The van der Waals surface area contributed by atoms with Crippen molar-refractivity contribution < 1.29 is 46.6 Å². The largest absolute Gasteiger partial charge is 0.477 e. The predicted molar refractivity (Wildman–Crippen MR) is 163 cm³/mol. The van der Waals surface area contributed by atoms with Gasteiger partial charge in [0.1, 0.15) is 11.4 Å². The normalized spacial score (nSPS) is 17.0. The molecule has 0 spiro atoms. The Morgan fingerprint density at radius 2 is 1.48 bits per heavy atom. The van der Waals surface area contributed by atoms with E-state index >= 15 is 4.39 Å². The molecule has 1 saturated carbocycles. The number of benzene rings is 1. The minimum Gasteiger partial charge on any atom is -0.477 e. The van der Waals surface area contributed by atoms with Crippen LogP contribution in [0.25, 0.3) is 10.9 Å². The summed E-state index contributed by atoms with van der Waals surface area (Å²) < 4.78 is 66.7. The molecule has 0 unspecified atom stereocenters. The van der Waals surface area contributed by atoms with Crippen molar-refractivity contribution in [1.82, 2.24) is 9.47 Å². The van der Waals surface area contributed by atoms with Gasteiger partial charge < -0.3 is 37.8 Å². The van der Waals surface area contributed by atoms with Gasteiger partial charge in [-0.2, -0.15) is 0 Å². The Morgan fingerprint density at radius 1 is 0.955 bits per heavy atom. The number of fused-ring (bicyclic) bond motifs is 1. The van der Waals surface area contributed by atoms with E-state index in [1.165, 1.54) is 6.20 Å². The molecule has 0 amide bonds. The number of carboxylic acids is 1. The van der Waals surface area contributed by atoms with E-state index in [0.29, 0.717) is 37.4 Å². The van der Waals surface area contributed by atoms with Crippen LogP contribution < -0.4 is 10.3 Å². The molecule has 1 aliphatic carbocycles. The number of anilines is 1. The van der Waals surface area contributed by atoms with Gasteiger partial charge in [0.15, 0.2) is 0 Å². The van der Waals surface area contributed by atoms with Gasteiger partial charge in [0.05, 0.1) is 37.6 Å². The molecule has 0 radical (unpaired) electrons. The molecule has 1 aromatic heterocycles. The van der Waals surface area contributed by atoms with Crippen LogP contribution in [-0.2, 0) is 27.2 Å². The number of aromatic nitrogens is 1. The molecule has 16 heteroatoms. The van der Waals surface area contributed by atoms with Crippen LogP contribution in [0.5, 0.6) is 0 Å². The number of nitrogens with zero attached hydrogens (tertiary/aromatic N) is 3. The fourth-order valence-electron chi connectivity index (χ4n) is 5.52. The van der Waals surface area contributed by atoms with Crippen molar-refractivity contribution >= 4 is 37.8 Å². The Hall–Kier alpha value is -2.15. The van der Waals surface area contributed by atoms with Crippen LogP contribution in [0.2, 0.25) is 0 Å². The molecule has 4 rings (SSSR count). The number of carbonyl (C=O) groups is 1. The molecule has 0 bridgehead atoms. The van der Waals surface area contributed by atoms with Gasteiger partial charge in [0.25, 0.3) is 5.08 Å². The van der Waals surface area contributed by atoms with Crippen molar-refractivity contribution in [3.8, 4) is 0 Å². The van der Waals surface area contributed by atoms with Crippen molar-refractivity contribution in [2.45, 2.75) is 58.1 Å². The number of halogens is 1. The maximum absolute atomic E-state index is 15.4. The summed E-state index contributed by atoms with van der Waals surface area (Å²) >= 11 is 0. The van der Waals surface area contributed by atoms with Crippen LogP contribution in [0.4, 0.5) is 10.1 Å². The van der Waals surface area contributed by atoms with Gasteiger partial charge in [-0.1, -0.05) is 0 Å². The highest BCUT2D eigenvalue weighted by Crippen LogP contribution is 2.77. The van der Waals surface area contributed by atoms with Crippen LogP contribution in [0.1, 0.15) is 63.4 Å². The zero-order chi connectivity index (χ0) is 32.3. The van der Waals surface area contributed by atoms with Gasteiger partial charge in [-0.25, -0.2) is 9.18 Å². The quantitative estimate of drug-likeness (QED) is 0.236. The molecule has 2 aromatic rings. The maximum atomic E-state index is 15.4. The van der Waals surface area contributed by atoms with Gasteiger partial charge in [-0.05, 0) is 52.7 Å². The molecule has 1 aliphatic heterocycles. The van der Waals surface area contributed by atoms with E-state index in [1.807, 2.05) is 9.80 Å². The number of aliphatic hydroxyl groups is 1. The number of hydrogen-bond acceptors (Lipinski definition) is 11. The summed E-state index contributed by atoms with van der Waals surface area (Å²) in [7, 11) is -8.82. The second-order valence-electron chi connectivity index (χ2n) is 10.7. The minimum absolute atomic E-state index is 0.0250. The standard InChI is InChI=1S/C28H42FN3O10P2/c1-5-39-43(37,40-6-2)28(36,44(38,41-7-3)42-8-4)11-12-30-13-15-31(16-14-30)25-18-24-21(17-23(25)29)26(33)22(27(34)35)19-32(24)20-9-10-20/h17-20,36H,5-16H2,1-4H3,(H,34,35). The highest BCUT2D eigenvalue weighted by molar-refractivity contribution is 7.73. The molecule has 0 atom stereocenters. The molecule has 2 N–H and O–H groups in total. The summed E-state index contributed by atoms with van der Waals surface area (Å²) in [5.41, 5.74) is -0.335. The first-order valence-corrected chi connectivity index (χ1v) is 18.1. The molecule has 13 nitrogen and oxygen atoms in total. The number of piperazine rings is 1. The summed E-state index contributed by atoms with van der Waals surface area (Å²) in [4.78, 5) is 28.3. The first-order valence-electron chi connectivity index (χ1n) is 15.0. The van der Waals surface area contributed by atoms with Gasteiger partial charge >= 0.3 is 21.2 Å². The van der Waals surface area contributed by atoms with Crippen LogP contribution in [-0.4, -0.2) is 89.9 Å². The number of pyridine rings is 1. The number of carboxylic acid groups (broad SMARTS) is 1. The Bertz CT molecular complexity index is 1460. The van der Waals surface area contributed by atoms with Crippen molar-refractivity contribution in [3.63, 3.8) is 0 Å². The zero-order valence-electron chi connectivity index (χ0n) is 25.6. The van der Waals surface area contributed by atoms with Gasteiger partial charge in [-0.15, -0.1) is 0 Å². The van der Waals surface area contributed by atoms with E-state index in [9.17, 15) is 28.9 Å². The van der Waals surface area contributed by atoms with Crippen LogP contribution >= 0.6 is 15.2 Å². The van der Waals surface area contributed by atoms with E-state index in [2.05, 4.69) is 0 Å². The monoisotopic (exact) mass is 661 g/mol. The summed E-state index contributed by atoms with van der Waals surface area (Å²) in [5.74, 6) is -1.98. The van der Waals surface area contributed by atoms with Crippen LogP contribution in [0.15, 0.2) is 23.1 Å². The third kappa shape index (κ3) is 6.69. The van der Waals surface area contributed by atoms with Crippen molar-refractivity contribution in [3.05, 3.63) is 39.9 Å². The van der Waals surface area contributed by atoms with Gasteiger partial charge in [0.2, 0.25) is 5.43 Å². The van der Waals surface area contributed by atoms with Gasteiger partial charge in [-0.3, -0.25) is 18.8 Å². The Labute approximate surface area is 255 Å². The van der Waals surface area contributed by atoms with E-state index in [-0.39, 0.29) is 56.4 Å². The third-order valence-electron chi connectivity index (χ3n) is 7.82. The molecular weight excluding hydrogens is 619 g/mol. The summed E-state index contributed by atoms with van der Waals surface area (Å²) in [6.45, 7) is 7.78. The molecule has 1 saturated heterocycles. The average molecular weight is 662 g/mol. The lowest BCUT2D eigenvalue weighted by molar-refractivity contribution is 0.0685. The number of rotatable bonds is 16. The minimum atomic E-state index is -4.41. The topological polar surface area (TPSA) is 157 Å². The van der Waals surface area contributed by atoms with E-state index < -0.39 is 37.5 Å². The lowest BCUT2D eigenvalue weighted by Crippen LogP contribution is -2.48. The molecule has 1 aromatic carbocycles. The van der Waals surface area contributed by atoms with Crippen molar-refractivity contribution in [2.24, 2.45) is 0 Å². The maximum Gasteiger partial charge on any atom is 0.374 e. The Kier molecular flexibility index (Phi) is 11.1. The molecule has 246 valence electrons. The highest BCUT2D eigenvalue weighted by atomic mass is 31.2. The second kappa shape index (κ2) is 14.1. The molecule has 2 aliphatic rings. The van der Waals surface area contributed by atoms with E-state index in [0.717, 1.165) is 18.9 Å². The molecular formula is C28H42FN3O10P2. The molecule has 2 heterocycles. The third-order valence-corrected chi connectivity index (χ3v) is 13.9. The van der Waals surface area contributed by atoms with Crippen molar-refractivity contribution in [2.75, 3.05) is 64.1 Å². The average Bonchev–Trinajstić information content (AvgIpc) is 3.82. The first kappa shape index (κ1) is 34.7.